The number of unbranched alkanes of at least 4 members (excludes halogenated alkanes) is 3. The lowest BCUT2D eigenvalue weighted by Gasteiger charge is -2.62. The fraction of sp³-hybridized carbons (Fsp3) is 0.806. The first-order valence-corrected chi connectivity index (χ1v) is 14.4. The Morgan fingerprint density at radius 2 is 1.91 bits per heavy atom. The van der Waals surface area contributed by atoms with E-state index in [0.717, 1.165) is 57.4 Å². The van der Waals surface area contributed by atoms with Crippen molar-refractivity contribution in [2.45, 2.75) is 116 Å². The highest BCUT2D eigenvalue weighted by Crippen LogP contribution is 2.69. The molecule has 3 fully saturated rings. The van der Waals surface area contributed by atoms with Gasteiger partial charge in [0.1, 0.15) is 6.10 Å². The third kappa shape index (κ3) is 4.69. The summed E-state index contributed by atoms with van der Waals surface area (Å²) < 4.78 is 11.6. The topological polar surface area (TPSA) is 50.7 Å². The Bertz CT molecular complexity index is 833. The maximum atomic E-state index is 12.3. The van der Waals surface area contributed by atoms with Gasteiger partial charge in [-0.3, -0.25) is 0 Å². The van der Waals surface area contributed by atoms with E-state index in [9.17, 15) is 5.11 Å². The standard InChI is InChI=1S/C31H51NO3/c1-7-8-9-10-19-32-23(3)35-25-13-16-29(4)24(20-25)11-12-28-27(29)14-17-30(5)26(22(2)21-34-6)15-18-31(28,30)33/h20-21,25-28,32-33H,3,7-19H2,1-2,4-6H3/b22-21+/t25-,26+,27?,28?,29-,30+,31-/m0/s1. The average molecular weight is 486 g/mol. The molecule has 4 rings (SSSR count). The highest BCUT2D eigenvalue weighted by Gasteiger charge is 2.66. The SMILES string of the molecule is C=C(NCCCCCC)O[C@@H]1C=C2CCC3C(CC[C@]4(C)[C@@H](/C(C)=C/OC)CC[C@]34O)[C@@]2(C)CC1. The Labute approximate surface area is 214 Å². The van der Waals surface area contributed by atoms with Crippen molar-refractivity contribution in [1.82, 2.24) is 5.32 Å². The predicted molar refractivity (Wildman–Crippen MR) is 144 cm³/mol. The van der Waals surface area contributed by atoms with Crippen molar-refractivity contribution in [2.75, 3.05) is 13.7 Å². The minimum Gasteiger partial charge on any atom is -0.504 e. The second kappa shape index (κ2) is 10.5. The molecule has 0 aliphatic heterocycles. The fourth-order valence-corrected chi connectivity index (χ4v) is 8.76. The van der Waals surface area contributed by atoms with Crippen LogP contribution in [0.4, 0.5) is 0 Å². The van der Waals surface area contributed by atoms with Crippen LogP contribution in [0.15, 0.2) is 35.9 Å². The molecule has 4 aliphatic carbocycles. The van der Waals surface area contributed by atoms with Gasteiger partial charge in [0.05, 0.1) is 19.0 Å². The number of rotatable bonds is 10. The van der Waals surface area contributed by atoms with Gasteiger partial charge in [0.15, 0.2) is 5.88 Å². The average Bonchev–Trinajstić information content (AvgIpc) is 3.10. The van der Waals surface area contributed by atoms with Gasteiger partial charge in [-0.25, -0.2) is 0 Å². The molecule has 0 aromatic carbocycles. The second-order valence-electron chi connectivity index (χ2n) is 12.5. The van der Waals surface area contributed by atoms with Crippen LogP contribution < -0.4 is 5.32 Å². The minimum absolute atomic E-state index is 0.0499. The van der Waals surface area contributed by atoms with Crippen LogP contribution in [0.25, 0.3) is 0 Å². The summed E-state index contributed by atoms with van der Waals surface area (Å²) in [6.07, 6.45) is 18.1. The van der Waals surface area contributed by atoms with Crippen LogP contribution in [0, 0.1) is 28.6 Å². The molecule has 0 aromatic rings. The van der Waals surface area contributed by atoms with Gasteiger partial charge in [-0.2, -0.15) is 0 Å². The molecule has 4 nitrogen and oxygen atoms in total. The number of hydrogen-bond donors (Lipinski definition) is 2. The van der Waals surface area contributed by atoms with E-state index in [4.69, 9.17) is 9.47 Å². The van der Waals surface area contributed by atoms with E-state index in [1.807, 2.05) is 6.26 Å². The van der Waals surface area contributed by atoms with E-state index >= 15 is 0 Å². The number of nitrogens with one attached hydrogen (secondary N) is 1. The van der Waals surface area contributed by atoms with E-state index < -0.39 is 5.60 Å². The number of allylic oxidation sites excluding steroid dienone is 2. The third-order valence-corrected chi connectivity index (χ3v) is 10.8. The Morgan fingerprint density at radius 3 is 2.66 bits per heavy atom. The summed E-state index contributed by atoms with van der Waals surface area (Å²) in [6, 6.07) is 0. The lowest BCUT2D eigenvalue weighted by molar-refractivity contribution is -0.181. The summed E-state index contributed by atoms with van der Waals surface area (Å²) in [7, 11) is 1.73. The number of aliphatic hydroxyl groups is 1. The van der Waals surface area contributed by atoms with Crippen LogP contribution in [0.1, 0.15) is 105 Å². The molecule has 2 N–H and O–H groups in total. The molecule has 0 heterocycles. The highest BCUT2D eigenvalue weighted by atomic mass is 16.5. The smallest absolute Gasteiger partial charge is 0.179 e. The van der Waals surface area contributed by atoms with E-state index in [1.165, 1.54) is 37.7 Å². The Morgan fingerprint density at radius 1 is 1.11 bits per heavy atom. The highest BCUT2D eigenvalue weighted by molar-refractivity contribution is 5.29. The summed E-state index contributed by atoms with van der Waals surface area (Å²) >= 11 is 0. The summed E-state index contributed by atoms with van der Waals surface area (Å²) in [5.41, 5.74) is 2.43. The van der Waals surface area contributed by atoms with Gasteiger partial charge in [-0.05, 0) is 106 Å². The monoisotopic (exact) mass is 485 g/mol. The summed E-state index contributed by atoms with van der Waals surface area (Å²) in [5, 5.41) is 15.7. The zero-order chi connectivity index (χ0) is 25.3. The lowest BCUT2D eigenvalue weighted by Crippen LogP contribution is -2.60. The second-order valence-corrected chi connectivity index (χ2v) is 12.5. The maximum Gasteiger partial charge on any atom is 0.179 e. The molecule has 0 amide bonds. The summed E-state index contributed by atoms with van der Waals surface area (Å²) in [6.45, 7) is 14.4. The molecule has 0 aromatic heterocycles. The van der Waals surface area contributed by atoms with Gasteiger partial charge < -0.3 is 19.9 Å². The quantitative estimate of drug-likeness (QED) is 0.194. The molecule has 0 radical (unpaired) electrons. The van der Waals surface area contributed by atoms with Crippen molar-refractivity contribution < 1.29 is 14.6 Å². The maximum absolute atomic E-state index is 12.3. The fourth-order valence-electron chi connectivity index (χ4n) is 8.76. The number of ether oxygens (including phenoxy) is 2. The largest absolute Gasteiger partial charge is 0.504 e. The summed E-state index contributed by atoms with van der Waals surface area (Å²) in [4.78, 5) is 0. The molecule has 7 atom stereocenters. The van der Waals surface area contributed by atoms with Crippen LogP contribution >= 0.6 is 0 Å². The first-order valence-electron chi connectivity index (χ1n) is 14.4. The van der Waals surface area contributed by atoms with Crippen LogP contribution in [0.2, 0.25) is 0 Å². The predicted octanol–water partition coefficient (Wildman–Crippen LogP) is 7.26. The van der Waals surface area contributed by atoms with Crippen molar-refractivity contribution in [1.29, 1.82) is 0 Å². The first-order chi connectivity index (χ1) is 16.7. The Hall–Kier alpha value is -1.42. The molecule has 3 saturated carbocycles. The lowest BCUT2D eigenvalue weighted by atomic mass is 9.45. The molecule has 198 valence electrons. The van der Waals surface area contributed by atoms with Gasteiger partial charge in [0.25, 0.3) is 0 Å². The molecule has 4 aliphatic rings. The van der Waals surface area contributed by atoms with E-state index in [0.29, 0.717) is 17.8 Å². The van der Waals surface area contributed by atoms with Crippen molar-refractivity contribution in [2.24, 2.45) is 28.6 Å². The van der Waals surface area contributed by atoms with Crippen LogP contribution in [0.3, 0.4) is 0 Å². The number of fused-ring (bicyclic) bond motifs is 5. The van der Waals surface area contributed by atoms with Crippen LogP contribution in [-0.4, -0.2) is 30.5 Å². The normalized spacial score (nSPS) is 40.7. The van der Waals surface area contributed by atoms with Crippen molar-refractivity contribution in [3.63, 3.8) is 0 Å². The van der Waals surface area contributed by atoms with Gasteiger partial charge in [0, 0.05) is 12.0 Å². The van der Waals surface area contributed by atoms with Crippen LogP contribution in [-0.2, 0) is 9.47 Å². The van der Waals surface area contributed by atoms with Crippen LogP contribution in [0.5, 0.6) is 0 Å². The molecule has 0 saturated heterocycles. The third-order valence-electron chi connectivity index (χ3n) is 10.8. The molecule has 0 bridgehead atoms. The molecular weight excluding hydrogens is 434 g/mol. The number of hydrogen-bond acceptors (Lipinski definition) is 4. The van der Waals surface area contributed by atoms with E-state index in [1.54, 1.807) is 12.7 Å². The van der Waals surface area contributed by atoms with Gasteiger partial charge in [0.2, 0.25) is 0 Å². The molecule has 0 spiro atoms. The van der Waals surface area contributed by atoms with Crippen molar-refractivity contribution in [3.05, 3.63) is 35.9 Å². The van der Waals surface area contributed by atoms with E-state index in [-0.39, 0.29) is 16.9 Å². The van der Waals surface area contributed by atoms with Gasteiger partial charge in [-0.15, -0.1) is 0 Å². The van der Waals surface area contributed by atoms with Crippen molar-refractivity contribution in [3.8, 4) is 0 Å². The van der Waals surface area contributed by atoms with Gasteiger partial charge >= 0.3 is 0 Å². The Kier molecular flexibility index (Phi) is 8.01. The van der Waals surface area contributed by atoms with Crippen molar-refractivity contribution >= 4 is 0 Å². The van der Waals surface area contributed by atoms with Gasteiger partial charge in [-0.1, -0.05) is 45.6 Å². The molecular formula is C31H51NO3. The molecule has 2 unspecified atom stereocenters. The summed E-state index contributed by atoms with van der Waals surface area (Å²) in [5.74, 6) is 2.09. The molecule has 4 heteroatoms. The first kappa shape index (κ1) is 26.6. The van der Waals surface area contributed by atoms with E-state index in [2.05, 4.69) is 45.7 Å². The Balaban J connectivity index is 1.43. The zero-order valence-corrected chi connectivity index (χ0v) is 23.1. The molecule has 35 heavy (non-hydrogen) atoms. The zero-order valence-electron chi connectivity index (χ0n) is 23.1. The minimum atomic E-state index is -0.568. The number of methoxy groups -OCH3 is 1.